The van der Waals surface area contributed by atoms with Gasteiger partial charge in [0, 0.05) is 22.4 Å². The Morgan fingerprint density at radius 2 is 1.20 bits per heavy atom. The zero-order chi connectivity index (χ0) is 5.86. The SMILES string of the molecule is CC(O)CC(C)O.[Au].[CH3-].[CH3-]. The summed E-state index contributed by atoms with van der Waals surface area (Å²) in [6.45, 7) is 3.32. The summed E-state index contributed by atoms with van der Waals surface area (Å²) < 4.78 is 0. The molecule has 3 heteroatoms. The molecule has 0 amide bonds. The molecule has 0 aliphatic rings. The monoisotopic (exact) mass is 331 g/mol. The first kappa shape index (κ1) is 22.4. The smallest absolute Gasteiger partial charge is 0.0536 e. The van der Waals surface area contributed by atoms with Crippen molar-refractivity contribution in [3.05, 3.63) is 14.9 Å². The van der Waals surface area contributed by atoms with E-state index in [1.807, 2.05) is 0 Å². The first-order valence-corrected chi connectivity index (χ1v) is 2.49. The van der Waals surface area contributed by atoms with Gasteiger partial charge in [0.1, 0.15) is 0 Å². The van der Waals surface area contributed by atoms with Gasteiger partial charge in [0.05, 0.1) is 12.2 Å². The molecular formula is C7H18AuO2-2. The average Bonchev–Trinajstić information content (AvgIpc) is 1.27. The van der Waals surface area contributed by atoms with Crippen LogP contribution in [-0.2, 0) is 22.4 Å². The van der Waals surface area contributed by atoms with Crippen molar-refractivity contribution < 1.29 is 32.6 Å². The maximum Gasteiger partial charge on any atom is 0.0536 e. The van der Waals surface area contributed by atoms with Crippen molar-refractivity contribution in [3.8, 4) is 0 Å². The van der Waals surface area contributed by atoms with Crippen molar-refractivity contribution in [2.45, 2.75) is 32.5 Å². The maximum atomic E-state index is 8.56. The van der Waals surface area contributed by atoms with Gasteiger partial charge in [0.15, 0.2) is 0 Å². The Bertz CT molecular complexity index is 40.9. The van der Waals surface area contributed by atoms with Crippen LogP contribution < -0.4 is 0 Å². The van der Waals surface area contributed by atoms with Crippen LogP contribution in [0.3, 0.4) is 0 Å². The number of aliphatic hydroxyl groups excluding tert-OH is 2. The second kappa shape index (κ2) is 12.3. The molecular weight excluding hydrogens is 313 g/mol. The Kier molecular flexibility index (Phi) is 27.7. The van der Waals surface area contributed by atoms with Gasteiger partial charge in [0.2, 0.25) is 0 Å². The minimum Gasteiger partial charge on any atom is -0.393 e. The standard InChI is InChI=1S/C5H12O2.2CH3.Au/c1-4(6)3-5(2)7;;;/h4-7H,3H2,1-2H3;2*1H3;/q;2*-1;. The van der Waals surface area contributed by atoms with Gasteiger partial charge >= 0.3 is 0 Å². The molecule has 0 bridgehead atoms. The van der Waals surface area contributed by atoms with Crippen LogP contribution in [0.25, 0.3) is 0 Å². The van der Waals surface area contributed by atoms with E-state index in [9.17, 15) is 0 Å². The Morgan fingerprint density at radius 3 is 1.20 bits per heavy atom. The van der Waals surface area contributed by atoms with E-state index in [1.165, 1.54) is 0 Å². The molecule has 0 rings (SSSR count). The summed E-state index contributed by atoms with van der Waals surface area (Å²) in [5, 5.41) is 17.1. The van der Waals surface area contributed by atoms with Crippen molar-refractivity contribution in [2.75, 3.05) is 0 Å². The van der Waals surface area contributed by atoms with E-state index in [2.05, 4.69) is 0 Å². The quantitative estimate of drug-likeness (QED) is 0.586. The molecule has 0 aromatic heterocycles. The molecule has 0 aliphatic heterocycles. The van der Waals surface area contributed by atoms with Crippen LogP contribution >= 0.6 is 0 Å². The van der Waals surface area contributed by atoms with Crippen LogP contribution in [0.4, 0.5) is 0 Å². The number of hydrogen-bond donors (Lipinski definition) is 2. The zero-order valence-corrected chi connectivity index (χ0v) is 9.22. The van der Waals surface area contributed by atoms with E-state index in [0.29, 0.717) is 6.42 Å². The molecule has 2 unspecified atom stereocenters. The van der Waals surface area contributed by atoms with E-state index < -0.39 is 0 Å². The fraction of sp³-hybridized carbons (Fsp3) is 0.714. The van der Waals surface area contributed by atoms with Gasteiger partial charge in [-0.05, 0) is 20.3 Å². The normalized spacial score (nSPS) is 13.2. The van der Waals surface area contributed by atoms with Crippen LogP contribution in [0, 0.1) is 14.9 Å². The molecule has 71 valence electrons. The fourth-order valence-corrected chi connectivity index (χ4v) is 0.494. The molecule has 2 nitrogen and oxygen atoms in total. The molecule has 2 N–H and O–H groups in total. The molecule has 0 aliphatic carbocycles. The second-order valence-electron chi connectivity index (χ2n) is 1.93. The minimum absolute atomic E-state index is 0. The summed E-state index contributed by atoms with van der Waals surface area (Å²) in [7, 11) is 0. The van der Waals surface area contributed by atoms with Gasteiger partial charge in [-0.15, -0.1) is 0 Å². The van der Waals surface area contributed by atoms with Gasteiger partial charge in [0.25, 0.3) is 0 Å². The Labute approximate surface area is 80.2 Å². The second-order valence-corrected chi connectivity index (χ2v) is 1.93. The van der Waals surface area contributed by atoms with Crippen molar-refractivity contribution in [2.24, 2.45) is 0 Å². The summed E-state index contributed by atoms with van der Waals surface area (Å²) >= 11 is 0. The summed E-state index contributed by atoms with van der Waals surface area (Å²) in [6.07, 6.45) is -0.278. The Morgan fingerprint density at radius 1 is 1.00 bits per heavy atom. The zero-order valence-electron chi connectivity index (χ0n) is 7.06. The third-order valence-electron chi connectivity index (χ3n) is 0.682. The van der Waals surface area contributed by atoms with E-state index in [-0.39, 0.29) is 49.4 Å². The molecule has 1 radical (unpaired) electrons. The molecule has 0 saturated heterocycles. The molecule has 0 spiro atoms. The maximum absolute atomic E-state index is 8.56. The summed E-state index contributed by atoms with van der Waals surface area (Å²) in [6, 6.07) is 0. The van der Waals surface area contributed by atoms with E-state index in [0.717, 1.165) is 0 Å². The minimum atomic E-state index is -0.375. The van der Waals surface area contributed by atoms with E-state index >= 15 is 0 Å². The first-order chi connectivity index (χ1) is 3.13. The first-order valence-electron chi connectivity index (χ1n) is 2.49. The third kappa shape index (κ3) is 23.4. The van der Waals surface area contributed by atoms with Crippen LogP contribution in [0.15, 0.2) is 0 Å². The number of rotatable bonds is 2. The molecule has 0 aromatic rings. The van der Waals surface area contributed by atoms with Gasteiger partial charge in [-0.25, -0.2) is 0 Å². The fourth-order valence-electron chi connectivity index (χ4n) is 0.494. The van der Waals surface area contributed by atoms with Crippen molar-refractivity contribution in [1.29, 1.82) is 0 Å². The average molecular weight is 331 g/mol. The molecule has 0 aromatic carbocycles. The molecule has 0 fully saturated rings. The van der Waals surface area contributed by atoms with Crippen LogP contribution in [-0.4, -0.2) is 22.4 Å². The van der Waals surface area contributed by atoms with Crippen molar-refractivity contribution >= 4 is 0 Å². The predicted molar refractivity (Wildman–Crippen MR) is 40.8 cm³/mol. The van der Waals surface area contributed by atoms with Crippen molar-refractivity contribution in [1.82, 2.24) is 0 Å². The molecule has 0 saturated carbocycles. The third-order valence-corrected chi connectivity index (χ3v) is 0.682. The van der Waals surface area contributed by atoms with Crippen LogP contribution in [0.2, 0.25) is 0 Å². The summed E-state index contributed by atoms with van der Waals surface area (Å²) in [4.78, 5) is 0. The predicted octanol–water partition coefficient (Wildman–Crippen LogP) is 1.04. The Hall–Kier alpha value is 0.660. The van der Waals surface area contributed by atoms with Gasteiger partial charge in [-0.3, -0.25) is 0 Å². The summed E-state index contributed by atoms with van der Waals surface area (Å²) in [5.41, 5.74) is 0. The number of hydrogen-bond acceptors (Lipinski definition) is 2. The van der Waals surface area contributed by atoms with Gasteiger partial charge < -0.3 is 25.1 Å². The molecule has 2 atom stereocenters. The summed E-state index contributed by atoms with van der Waals surface area (Å²) in [5.74, 6) is 0. The van der Waals surface area contributed by atoms with Crippen molar-refractivity contribution in [3.63, 3.8) is 0 Å². The van der Waals surface area contributed by atoms with Gasteiger partial charge in [-0.1, -0.05) is 0 Å². The van der Waals surface area contributed by atoms with Crippen LogP contribution in [0.1, 0.15) is 20.3 Å². The largest absolute Gasteiger partial charge is 0.393 e. The van der Waals surface area contributed by atoms with E-state index in [1.54, 1.807) is 13.8 Å². The van der Waals surface area contributed by atoms with Crippen LogP contribution in [0.5, 0.6) is 0 Å². The molecule has 0 heterocycles. The Balaban J connectivity index is -0.0000000600. The number of aliphatic hydroxyl groups is 2. The van der Waals surface area contributed by atoms with E-state index in [4.69, 9.17) is 10.2 Å². The topological polar surface area (TPSA) is 40.5 Å². The van der Waals surface area contributed by atoms with Gasteiger partial charge in [-0.2, -0.15) is 0 Å². The molecule has 10 heavy (non-hydrogen) atoms.